The van der Waals surface area contributed by atoms with E-state index in [1.807, 2.05) is 49.1 Å². The summed E-state index contributed by atoms with van der Waals surface area (Å²) in [5, 5.41) is 17.9. The van der Waals surface area contributed by atoms with Gasteiger partial charge in [0.25, 0.3) is 10.0 Å². The average molecular weight is 1320 g/mol. The largest absolute Gasteiger partial charge is 0.744 e. The fourth-order valence-electron chi connectivity index (χ4n) is 10.7. The second-order valence-electron chi connectivity index (χ2n) is 21.2. The molecule has 0 aromatic heterocycles. The average Bonchev–Trinajstić information content (AvgIpc) is 1.01. The molecule has 4 aromatic carbocycles. The molecular formula is C61H80N10O17S3. The lowest BCUT2D eigenvalue weighted by atomic mass is 9.83. The topological polar surface area (TPSA) is 382 Å². The van der Waals surface area contributed by atoms with Gasteiger partial charge in [-0.1, -0.05) is 41.3 Å². The molecule has 4 aromatic rings. The molecule has 2 heterocycles. The van der Waals surface area contributed by atoms with Gasteiger partial charge >= 0.3 is 5.97 Å². The summed E-state index contributed by atoms with van der Waals surface area (Å²) in [6.45, 7) is 11.3. The Morgan fingerprint density at radius 2 is 1.45 bits per heavy atom. The van der Waals surface area contributed by atoms with Crippen LogP contribution in [0.5, 0.6) is 5.75 Å². The van der Waals surface area contributed by atoms with Gasteiger partial charge in [0, 0.05) is 84.8 Å². The van der Waals surface area contributed by atoms with Crippen molar-refractivity contribution in [3.63, 3.8) is 0 Å². The third kappa shape index (κ3) is 19.2. The summed E-state index contributed by atoms with van der Waals surface area (Å²) in [6, 6.07) is 19.2. The molecule has 494 valence electrons. The number of carboxylic acid groups (broad SMARTS) is 1. The van der Waals surface area contributed by atoms with Gasteiger partial charge in [-0.2, -0.15) is 4.31 Å². The molecule has 0 spiro atoms. The number of sulfonamides is 2. The van der Waals surface area contributed by atoms with Crippen molar-refractivity contribution in [2.75, 3.05) is 95.7 Å². The number of carboxylic acids is 1. The predicted molar refractivity (Wildman–Crippen MR) is 337 cm³/mol. The highest BCUT2D eigenvalue weighted by Crippen LogP contribution is 2.46. The number of aliphatic carboxylic acids is 1. The van der Waals surface area contributed by atoms with E-state index in [0.29, 0.717) is 46.6 Å². The second-order valence-corrected chi connectivity index (χ2v) is 26.1. The van der Waals surface area contributed by atoms with E-state index in [1.165, 1.54) is 36.4 Å². The first-order valence-electron chi connectivity index (χ1n) is 29.9. The van der Waals surface area contributed by atoms with Gasteiger partial charge in [-0.25, -0.2) is 34.6 Å². The van der Waals surface area contributed by atoms with Crippen molar-refractivity contribution in [3.8, 4) is 5.75 Å². The van der Waals surface area contributed by atoms with Crippen molar-refractivity contribution >= 4 is 82.5 Å². The van der Waals surface area contributed by atoms with E-state index in [2.05, 4.69) is 44.3 Å². The lowest BCUT2D eigenvalue weighted by Gasteiger charge is -2.34. The Hall–Kier alpha value is -7.65. The number of nitrogens with two attached hydrogens (primary N) is 2. The lowest BCUT2D eigenvalue weighted by molar-refractivity contribution is -0.521. The highest BCUT2D eigenvalue weighted by atomic mass is 32.2. The summed E-state index contributed by atoms with van der Waals surface area (Å²) in [7, 11) is -13.8. The molecule has 1 saturated heterocycles. The predicted octanol–water partition coefficient (Wildman–Crippen LogP) is 2.86. The van der Waals surface area contributed by atoms with Crippen molar-refractivity contribution in [3.05, 3.63) is 125 Å². The van der Waals surface area contributed by atoms with E-state index >= 15 is 0 Å². The van der Waals surface area contributed by atoms with E-state index in [-0.39, 0.29) is 101 Å². The minimum Gasteiger partial charge on any atom is -0.744 e. The number of hydrogen-bond donors (Lipinski definition) is 7. The van der Waals surface area contributed by atoms with Crippen molar-refractivity contribution in [1.82, 2.24) is 19.8 Å². The van der Waals surface area contributed by atoms with Gasteiger partial charge in [-0.05, 0) is 107 Å². The first-order valence-corrected chi connectivity index (χ1v) is 34.2. The second kappa shape index (κ2) is 33.1. The van der Waals surface area contributed by atoms with E-state index in [9.17, 15) is 54.1 Å². The summed E-state index contributed by atoms with van der Waals surface area (Å²) >= 11 is 0. The molecule has 0 radical (unpaired) electrons. The molecule has 4 atom stereocenters. The van der Waals surface area contributed by atoms with Gasteiger partial charge in [0.2, 0.25) is 27.7 Å². The number of allylic oxidation sites excluding steroid dienone is 1. The van der Waals surface area contributed by atoms with Crippen LogP contribution in [0.2, 0.25) is 0 Å². The maximum absolute atomic E-state index is 13.5. The molecule has 1 fully saturated rings. The van der Waals surface area contributed by atoms with Gasteiger partial charge < -0.3 is 60.9 Å². The van der Waals surface area contributed by atoms with Crippen LogP contribution in [0.25, 0.3) is 5.57 Å². The van der Waals surface area contributed by atoms with Crippen LogP contribution >= 0.6 is 0 Å². The standard InChI is InChI=1S/C61H80N10O17S3/c1-5-69(6-2)43-20-23-47-53(38-43)88-54-39-44(70(7-3)8-4)21-24-48(54)57(47)49-25-22-46(40-55(49)91(81,82)83)89(77,78)68-87-36-35-86-34-33-85-32-31-84-30-27-56(72)66-50(26-28-64-61(62)63)58(73)65-42-18-16-41(17-19-42)37-51(60(75)76)67-59(74)52-15-12-29-71(52)90(79,80)45-13-10-9-11-14-45/h9-11,13-14,16-25,38,40,50-52,54,68H,5-8,12,15,26-37,39H2,1-4H3,(H8-,62,63,64,65,66,67,72,73,74,75,76,81,82,83)/t50-,51-,52?,54?/m0/s1. The number of ether oxygens (including phenoxy) is 4. The Labute approximate surface area is 530 Å². The molecule has 91 heavy (non-hydrogen) atoms. The number of nitrogens with zero attached hydrogens (tertiary/aromatic N) is 4. The number of carbonyl (C=O) groups excluding carboxylic acids is 3. The zero-order valence-corrected chi connectivity index (χ0v) is 53.7. The Morgan fingerprint density at radius 3 is 2.09 bits per heavy atom. The van der Waals surface area contributed by atoms with Gasteiger partial charge in [0.1, 0.15) is 53.2 Å². The Kier molecular flexibility index (Phi) is 25.7. The van der Waals surface area contributed by atoms with Crippen molar-refractivity contribution in [1.29, 1.82) is 0 Å². The Bertz CT molecular complexity index is 3690. The maximum Gasteiger partial charge on any atom is 0.326 e. The van der Waals surface area contributed by atoms with Crippen LogP contribution in [-0.2, 0) is 74.8 Å². The van der Waals surface area contributed by atoms with E-state index < -0.39 is 87.9 Å². The number of fused-ring (bicyclic) bond motifs is 2. The Balaban J connectivity index is 0.822. The first-order chi connectivity index (χ1) is 43.5. The highest BCUT2D eigenvalue weighted by molar-refractivity contribution is 7.89. The molecule has 30 heteroatoms. The molecular weight excluding hydrogens is 1240 g/mol. The summed E-state index contributed by atoms with van der Waals surface area (Å²) in [4.78, 5) is 64.1. The number of amides is 3. The minimum atomic E-state index is -5.26. The van der Waals surface area contributed by atoms with Crippen molar-refractivity contribution in [2.45, 2.75) is 105 Å². The van der Waals surface area contributed by atoms with Crippen LogP contribution in [-0.4, -0.2) is 189 Å². The zero-order chi connectivity index (χ0) is 65.9. The number of anilines is 2. The third-order valence-electron chi connectivity index (χ3n) is 15.3. The van der Waals surface area contributed by atoms with Gasteiger partial charge in [0.05, 0.1) is 67.4 Å². The van der Waals surface area contributed by atoms with E-state index in [1.54, 1.807) is 30.3 Å². The molecule has 2 aliphatic heterocycles. The molecule has 27 nitrogen and oxygen atoms in total. The molecule has 0 saturated carbocycles. The van der Waals surface area contributed by atoms with E-state index in [0.717, 1.165) is 47.9 Å². The summed E-state index contributed by atoms with van der Waals surface area (Å²) in [6.07, 6.45) is 4.15. The number of benzene rings is 4. The van der Waals surface area contributed by atoms with Gasteiger partial charge in [-0.15, -0.1) is 0 Å². The maximum atomic E-state index is 13.5. The van der Waals surface area contributed by atoms with Crippen LogP contribution in [0.1, 0.15) is 76.5 Å². The number of rotatable bonds is 35. The van der Waals surface area contributed by atoms with Crippen LogP contribution in [0.3, 0.4) is 0 Å². The Morgan fingerprint density at radius 1 is 0.791 bits per heavy atom. The van der Waals surface area contributed by atoms with Crippen molar-refractivity contribution in [2.24, 2.45) is 16.5 Å². The lowest BCUT2D eigenvalue weighted by Crippen LogP contribution is -2.51. The molecule has 0 bridgehead atoms. The number of guanidine groups is 1. The normalized spacial score (nSPS) is 16.4. The number of carbonyl (C=O) groups is 4. The first kappa shape index (κ1) is 70.8. The summed E-state index contributed by atoms with van der Waals surface area (Å²) < 4.78 is 119. The monoisotopic (exact) mass is 1320 g/mol. The highest BCUT2D eigenvalue weighted by Gasteiger charge is 2.41. The fraction of sp³-hybridized carbons (Fsp3) is 0.443. The van der Waals surface area contributed by atoms with Crippen molar-refractivity contribution < 1.29 is 82.5 Å². The minimum absolute atomic E-state index is 0.00104. The molecule has 3 aliphatic rings. The van der Waals surface area contributed by atoms with Gasteiger partial charge in [-0.3, -0.25) is 24.2 Å². The molecule has 1 aliphatic carbocycles. The fourth-order valence-corrected chi connectivity index (χ4v) is 14.0. The molecule has 9 N–H and O–H groups in total. The van der Waals surface area contributed by atoms with Gasteiger partial charge in [0.15, 0.2) is 11.7 Å². The number of aliphatic imine (C=N–C) groups is 1. The molecule has 3 amide bonds. The smallest absolute Gasteiger partial charge is 0.326 e. The summed E-state index contributed by atoms with van der Waals surface area (Å²) in [5.41, 5.74) is 15.4. The molecule has 2 unspecified atom stereocenters. The van der Waals surface area contributed by atoms with Crippen LogP contribution in [0.4, 0.5) is 11.4 Å². The SMILES string of the molecule is CCN(CC)c1ccc2c(c1)OC1CC(=[N+](CC)CC)C=CC1=C2c1ccc(S(=O)(=O)NOCCOCCOCCOCCC(=O)N[C@@H](CCN=C(N)N)C(=O)Nc2ccc(C[C@H](NC(=O)C3CCCN3S(=O)(=O)c3ccccc3)C(=O)O)cc2)cc1S(=O)(=O)[O-]. The van der Waals surface area contributed by atoms with Crippen LogP contribution in [0.15, 0.2) is 128 Å². The number of nitrogens with one attached hydrogen (secondary N) is 4. The van der Waals surface area contributed by atoms with Crippen LogP contribution in [0, 0.1) is 0 Å². The third-order valence-corrected chi connectivity index (χ3v) is 19.3. The van der Waals surface area contributed by atoms with E-state index in [4.69, 9.17) is 35.3 Å². The van der Waals surface area contributed by atoms with Crippen LogP contribution < -0.4 is 41.9 Å². The zero-order valence-electron chi connectivity index (χ0n) is 51.2. The quantitative estimate of drug-likeness (QED) is 0.00869. The molecule has 7 rings (SSSR count). The number of hydrogen-bond acceptors (Lipinski definition) is 18. The summed E-state index contributed by atoms with van der Waals surface area (Å²) in [5.74, 6) is -2.90.